The van der Waals surface area contributed by atoms with Gasteiger partial charge in [0.25, 0.3) is 0 Å². The van der Waals surface area contributed by atoms with Gasteiger partial charge in [-0.3, -0.25) is 0 Å². The van der Waals surface area contributed by atoms with Gasteiger partial charge in [-0.25, -0.2) is 15.0 Å². The molecule has 0 N–H and O–H groups in total. The summed E-state index contributed by atoms with van der Waals surface area (Å²) in [5, 5.41) is -2.66. The molecule has 0 spiro atoms. The second-order valence-electron chi connectivity index (χ2n) is 12.1. The molecule has 0 radical (unpaired) electrons. The molecule has 0 unspecified atom stereocenters. The van der Waals surface area contributed by atoms with Crippen molar-refractivity contribution < 1.29 is 48.6 Å². The zero-order valence-corrected chi connectivity index (χ0v) is 28.9. The molecule has 0 saturated carbocycles. The molecule has 12 aromatic rings. The number of aromatic nitrogens is 3. The molecule has 266 valence electrons. The largest absolute Gasteiger partial charge is 0.455 e. The normalized spacial score (nSPS) is 19.0. The van der Waals surface area contributed by atoms with Gasteiger partial charge >= 0.3 is 0 Å². The molecular weight excluding hydrogens is 719 g/mol. The molecule has 0 aliphatic carbocycles. The van der Waals surface area contributed by atoms with E-state index in [0.717, 1.165) is 0 Å². The van der Waals surface area contributed by atoms with Crippen LogP contribution in [0.1, 0.15) is 39.8 Å². The Labute approximate surface area is 370 Å². The molecule has 0 aliphatic heterocycles. The second-order valence-corrected chi connectivity index (χ2v) is 13.1. The van der Waals surface area contributed by atoms with E-state index in [0.29, 0.717) is 11.3 Å². The number of nitrogens with zero attached hydrogens (tertiary/aromatic N) is 3. The van der Waals surface area contributed by atoms with Gasteiger partial charge in [0.1, 0.15) is 22.3 Å². The predicted octanol–water partition coefficient (Wildman–Crippen LogP) is 14.4. The first kappa shape index (κ1) is 14.6. The van der Waals surface area contributed by atoms with Crippen LogP contribution in [0, 0.1) is 0 Å². The Morgan fingerprint density at radius 2 is 0.947 bits per heavy atom. The number of benzene rings is 8. The third-order valence-corrected chi connectivity index (χ3v) is 9.99. The minimum Gasteiger partial charge on any atom is -0.455 e. The van der Waals surface area contributed by atoms with Gasteiger partial charge in [-0.2, -0.15) is 0 Å². The van der Waals surface area contributed by atoms with Gasteiger partial charge in [0.05, 0.1) is 39.8 Å². The van der Waals surface area contributed by atoms with Crippen LogP contribution in [0.15, 0.2) is 184 Å². The zero-order valence-electron chi connectivity index (χ0n) is 57.1. The Balaban J connectivity index is 1.25. The summed E-state index contributed by atoms with van der Waals surface area (Å²) >= 11 is 0.631. The van der Waals surface area contributed by atoms with Gasteiger partial charge in [0, 0.05) is 69.5 Å². The van der Waals surface area contributed by atoms with Gasteiger partial charge in [-0.05, 0) is 47.4 Å². The van der Waals surface area contributed by atoms with Crippen LogP contribution in [0.5, 0.6) is 0 Å². The van der Waals surface area contributed by atoms with Crippen LogP contribution in [0.4, 0.5) is 0 Å². The monoisotopic (exact) mass is 776 g/mol. The Morgan fingerprint density at radius 3 is 1.72 bits per heavy atom. The number of thiophene rings is 1. The lowest BCUT2D eigenvalue weighted by atomic mass is 9.94. The number of rotatable bonds is 5. The molecule has 5 nitrogen and oxygen atoms in total. The molecule has 57 heavy (non-hydrogen) atoms. The number of hydrogen-bond acceptors (Lipinski definition) is 6. The quantitative estimate of drug-likeness (QED) is 0.174. The molecule has 0 aliphatic rings. The predicted molar refractivity (Wildman–Crippen MR) is 234 cm³/mol. The second kappa shape index (κ2) is 12.6. The Morgan fingerprint density at radius 1 is 0.368 bits per heavy atom. The maximum atomic E-state index is 10.2. The van der Waals surface area contributed by atoms with Crippen molar-refractivity contribution in [3.05, 3.63) is 175 Å². The van der Waals surface area contributed by atoms with Crippen molar-refractivity contribution >= 4 is 75.4 Å². The van der Waals surface area contributed by atoms with E-state index in [2.05, 4.69) is 15.0 Å². The van der Waals surface area contributed by atoms with Crippen LogP contribution >= 0.6 is 11.3 Å². The van der Waals surface area contributed by atoms with E-state index in [-0.39, 0.29) is 20.2 Å². The van der Waals surface area contributed by atoms with Crippen molar-refractivity contribution in [1.29, 1.82) is 0 Å². The maximum absolute atomic E-state index is 10.2. The van der Waals surface area contributed by atoms with Crippen LogP contribution in [0.2, 0.25) is 0 Å². The Kier molecular flexibility index (Phi) is 3.22. The molecule has 0 bridgehead atoms. The number of hydrogen-bond donors (Lipinski definition) is 0. The highest BCUT2D eigenvalue weighted by Crippen LogP contribution is 2.46. The van der Waals surface area contributed by atoms with E-state index in [4.69, 9.17) is 36.2 Å². The lowest BCUT2D eigenvalue weighted by molar-refractivity contribution is 0.665. The number of furan rings is 2. The smallest absolute Gasteiger partial charge is 0.164 e. The van der Waals surface area contributed by atoms with Gasteiger partial charge in [-0.15, -0.1) is 11.3 Å². The van der Waals surface area contributed by atoms with Crippen molar-refractivity contribution in [1.82, 2.24) is 15.0 Å². The highest BCUT2D eigenvalue weighted by molar-refractivity contribution is 7.26. The lowest BCUT2D eigenvalue weighted by Crippen LogP contribution is -2.00. The first-order chi connectivity index (χ1) is 40.3. The van der Waals surface area contributed by atoms with Crippen LogP contribution in [0.3, 0.4) is 0 Å². The van der Waals surface area contributed by atoms with E-state index < -0.39 is 276 Å². The first-order valence-electron chi connectivity index (χ1n) is 31.1. The minimum absolute atomic E-state index is 0.145. The van der Waals surface area contributed by atoms with Crippen molar-refractivity contribution in [3.8, 4) is 56.4 Å². The summed E-state index contributed by atoms with van der Waals surface area (Å²) in [6, 6.07) is -24.2. The van der Waals surface area contributed by atoms with Crippen molar-refractivity contribution in [2.45, 2.75) is 0 Å². The third-order valence-electron chi connectivity index (χ3n) is 8.87. The standard InChI is InChI=1S/C51H29N3O2S/c1-3-13-30(14-4-1)49-52-50(31-15-5-2-6-16-31)54-51(53-49)32-25-26-36-38-20-12-21-39(46(38)56-44(36)29-32)42-28-33(27-41-35-17-7-9-23-43(35)55-47(41)42)34-19-11-22-40-37-18-8-10-24-45(37)57-48(34)40/h1-29H/i1D,2D,3D,4D,5D,6D,7D,8D,9D,10D,11D,12D,13D,14D,15D,16D,17D,18D,19D,20D,21D,22D,23D,24D,25D,26D,27D,28D,29D. The van der Waals surface area contributed by atoms with Gasteiger partial charge in [0.2, 0.25) is 0 Å². The summed E-state index contributed by atoms with van der Waals surface area (Å²) in [6.45, 7) is 0. The van der Waals surface area contributed by atoms with E-state index in [1.165, 1.54) is 0 Å². The van der Waals surface area contributed by atoms with Gasteiger partial charge in [-0.1, -0.05) is 139 Å². The van der Waals surface area contributed by atoms with Crippen molar-refractivity contribution in [3.63, 3.8) is 0 Å². The maximum Gasteiger partial charge on any atom is 0.164 e. The molecular formula is C51H29N3O2S. The average molecular weight is 777 g/mol. The van der Waals surface area contributed by atoms with E-state index in [9.17, 15) is 12.3 Å². The van der Waals surface area contributed by atoms with Crippen LogP contribution in [-0.2, 0) is 0 Å². The molecule has 4 heterocycles. The third kappa shape index (κ3) is 5.12. The van der Waals surface area contributed by atoms with Crippen LogP contribution < -0.4 is 0 Å². The minimum atomic E-state index is -0.969. The molecule has 12 rings (SSSR count). The topological polar surface area (TPSA) is 65.0 Å². The van der Waals surface area contributed by atoms with E-state index in [1.807, 2.05) is 0 Å². The van der Waals surface area contributed by atoms with Crippen molar-refractivity contribution in [2.75, 3.05) is 0 Å². The van der Waals surface area contributed by atoms with Crippen LogP contribution in [-0.4, -0.2) is 15.0 Å². The van der Waals surface area contributed by atoms with Crippen molar-refractivity contribution in [2.24, 2.45) is 0 Å². The van der Waals surface area contributed by atoms with Gasteiger partial charge < -0.3 is 8.83 Å². The number of fused-ring (bicyclic) bond motifs is 9. The van der Waals surface area contributed by atoms with E-state index >= 15 is 0 Å². The molecule has 0 amide bonds. The zero-order chi connectivity index (χ0) is 62.7. The fourth-order valence-electron chi connectivity index (χ4n) is 6.40. The molecule has 8 aromatic carbocycles. The Bertz CT molecular complexity index is 5100. The summed E-state index contributed by atoms with van der Waals surface area (Å²) < 4.78 is 271. The summed E-state index contributed by atoms with van der Waals surface area (Å²) in [4.78, 5) is 12.8. The fraction of sp³-hybridized carbons (Fsp3) is 0. The average Bonchev–Trinajstić information content (AvgIpc) is 1.50. The molecule has 4 aromatic heterocycles. The van der Waals surface area contributed by atoms with Crippen LogP contribution in [0.25, 0.3) is 120 Å². The SMILES string of the molecule is [2H]c1c([2H])c([2H])c(-c2nc(-c3c([2H])c([2H])c([2H])c([2H])c3[2H])nc(-c3c([2H])c([2H])c4c(oc5c(-c6c([2H])c(-c7c([2H])c([2H])c([2H])c8c7sc7c([2H])c([2H])c([2H])c([2H])c78)c([2H])c7c6oc6c([2H])c([2H])c([2H])c([2H])c67)c([2H])c([2H])c([2H])c54)c3[2H])n2)c([2H])c1[2H]. The summed E-state index contributed by atoms with van der Waals surface area (Å²) in [5.74, 6) is -2.44. The summed E-state index contributed by atoms with van der Waals surface area (Å²) in [6.07, 6.45) is 0. The summed E-state index contributed by atoms with van der Waals surface area (Å²) in [7, 11) is 0. The molecule has 0 saturated heterocycles. The lowest BCUT2D eigenvalue weighted by Gasteiger charge is -2.10. The fourth-order valence-corrected chi connectivity index (χ4v) is 7.47. The van der Waals surface area contributed by atoms with E-state index in [1.54, 1.807) is 0 Å². The highest BCUT2D eigenvalue weighted by atomic mass is 32.1. The molecule has 0 atom stereocenters. The highest BCUT2D eigenvalue weighted by Gasteiger charge is 2.21. The first-order valence-corrected chi connectivity index (χ1v) is 17.4. The summed E-state index contributed by atoms with van der Waals surface area (Å²) in [5.41, 5.74) is -7.44. The van der Waals surface area contributed by atoms with Gasteiger partial charge in [0.15, 0.2) is 17.5 Å². The molecule has 6 heteroatoms. The molecule has 0 fully saturated rings. The number of para-hydroxylation sites is 2. The Hall–Kier alpha value is -7.41.